The van der Waals surface area contributed by atoms with E-state index in [0.29, 0.717) is 40.9 Å². The van der Waals surface area contributed by atoms with Crippen molar-refractivity contribution in [2.45, 2.75) is 13.5 Å². The normalized spacial score (nSPS) is 10.9. The van der Waals surface area contributed by atoms with Gasteiger partial charge in [0.2, 0.25) is 0 Å². The molecule has 0 unspecified atom stereocenters. The minimum atomic E-state index is -0.476. The zero-order chi connectivity index (χ0) is 22.2. The maximum atomic E-state index is 10.8. The van der Waals surface area contributed by atoms with Gasteiger partial charge in [0.15, 0.2) is 11.5 Å². The van der Waals surface area contributed by atoms with Gasteiger partial charge in [0.05, 0.1) is 23.2 Å². The molecule has 3 aromatic rings. The molecule has 0 N–H and O–H groups in total. The molecule has 0 fully saturated rings. The first kappa shape index (κ1) is 21.9. The Hall–Kier alpha value is -3.82. The van der Waals surface area contributed by atoms with Crippen LogP contribution in [0.5, 0.6) is 11.5 Å². The van der Waals surface area contributed by atoms with Crippen molar-refractivity contribution in [1.82, 2.24) is 0 Å². The molecule has 0 spiro atoms. The van der Waals surface area contributed by atoms with Crippen LogP contribution in [-0.2, 0) is 6.61 Å². The molecule has 0 atom stereocenters. The lowest BCUT2D eigenvalue weighted by molar-refractivity contribution is -0.384. The summed E-state index contributed by atoms with van der Waals surface area (Å²) in [4.78, 5) is 10.4. The van der Waals surface area contributed by atoms with Crippen molar-refractivity contribution in [3.63, 3.8) is 0 Å². The van der Waals surface area contributed by atoms with E-state index in [1.54, 1.807) is 42.5 Å². The Morgan fingerprint density at radius 2 is 1.77 bits per heavy atom. The van der Waals surface area contributed by atoms with Crippen LogP contribution in [0.15, 0.2) is 66.7 Å². The summed E-state index contributed by atoms with van der Waals surface area (Å²) in [5.41, 5.74) is 2.67. The summed E-state index contributed by atoms with van der Waals surface area (Å²) in [5, 5.41) is 21.0. The first-order valence-corrected chi connectivity index (χ1v) is 9.88. The summed E-state index contributed by atoms with van der Waals surface area (Å²) in [6.45, 7) is 2.69. The van der Waals surface area contributed by atoms with Crippen molar-refractivity contribution in [3.8, 4) is 17.6 Å². The highest BCUT2D eigenvalue weighted by atomic mass is 35.5. The van der Waals surface area contributed by atoms with Gasteiger partial charge in [-0.1, -0.05) is 29.8 Å². The third-order valence-corrected chi connectivity index (χ3v) is 4.65. The van der Waals surface area contributed by atoms with Crippen LogP contribution in [0.2, 0.25) is 5.02 Å². The van der Waals surface area contributed by atoms with Gasteiger partial charge in [-0.05, 0) is 66.1 Å². The largest absolute Gasteiger partial charge is 0.490 e. The van der Waals surface area contributed by atoms with Crippen molar-refractivity contribution in [3.05, 3.63) is 98.6 Å². The fraction of sp³-hybridized carbons (Fsp3) is 0.125. The Kier molecular flexibility index (Phi) is 7.26. The van der Waals surface area contributed by atoms with Gasteiger partial charge in [0.1, 0.15) is 6.61 Å². The molecule has 0 amide bonds. The van der Waals surface area contributed by atoms with Crippen LogP contribution in [0.4, 0.5) is 5.69 Å². The fourth-order valence-electron chi connectivity index (χ4n) is 2.85. The smallest absolute Gasteiger partial charge is 0.269 e. The summed E-state index contributed by atoms with van der Waals surface area (Å²) < 4.78 is 11.6. The Bertz CT molecular complexity index is 1130. The predicted octanol–water partition coefficient (Wildman–Crippen LogP) is 6.29. The molecule has 7 heteroatoms. The first-order valence-electron chi connectivity index (χ1n) is 9.51. The van der Waals surface area contributed by atoms with E-state index in [-0.39, 0.29) is 5.69 Å². The van der Waals surface area contributed by atoms with Crippen molar-refractivity contribution >= 4 is 28.9 Å². The van der Waals surface area contributed by atoms with E-state index in [2.05, 4.69) is 6.07 Å². The second kappa shape index (κ2) is 10.3. The van der Waals surface area contributed by atoms with Gasteiger partial charge in [0, 0.05) is 17.2 Å². The Labute approximate surface area is 185 Å². The number of allylic oxidation sites excluding steroid dienone is 1. The third kappa shape index (κ3) is 5.84. The minimum absolute atomic E-state index is 0.0261. The minimum Gasteiger partial charge on any atom is -0.490 e. The van der Waals surface area contributed by atoms with E-state index in [4.69, 9.17) is 21.1 Å². The van der Waals surface area contributed by atoms with E-state index in [0.717, 1.165) is 11.1 Å². The van der Waals surface area contributed by atoms with Crippen molar-refractivity contribution in [2.24, 2.45) is 0 Å². The Morgan fingerprint density at radius 3 is 2.39 bits per heavy atom. The molecule has 156 valence electrons. The van der Waals surface area contributed by atoms with Crippen LogP contribution in [0.3, 0.4) is 0 Å². The van der Waals surface area contributed by atoms with Crippen LogP contribution in [-0.4, -0.2) is 11.5 Å². The molecule has 31 heavy (non-hydrogen) atoms. The van der Waals surface area contributed by atoms with E-state index in [9.17, 15) is 15.4 Å². The number of nitrogens with zero attached hydrogens (tertiary/aromatic N) is 2. The predicted molar refractivity (Wildman–Crippen MR) is 120 cm³/mol. The van der Waals surface area contributed by atoms with Crippen molar-refractivity contribution in [1.29, 1.82) is 5.26 Å². The van der Waals surface area contributed by atoms with Crippen LogP contribution in [0, 0.1) is 21.4 Å². The van der Waals surface area contributed by atoms with Crippen LogP contribution >= 0.6 is 11.6 Å². The van der Waals surface area contributed by atoms with Crippen LogP contribution < -0.4 is 9.47 Å². The highest BCUT2D eigenvalue weighted by Crippen LogP contribution is 2.31. The number of nitro benzene ring substituents is 1. The lowest BCUT2D eigenvalue weighted by atomic mass is 10.0. The molecule has 0 radical (unpaired) electrons. The number of benzene rings is 3. The van der Waals surface area contributed by atoms with Gasteiger partial charge in [-0.2, -0.15) is 5.26 Å². The standard InChI is InChI=1S/C24H19ClN2O4/c1-2-30-24-14-18(5-12-23(24)31-16-17-3-8-21(25)9-4-17)13-20(15-26)19-6-10-22(11-7-19)27(28)29/h3-14H,2,16H2,1H3/b20-13-. The average Bonchev–Trinajstić information content (AvgIpc) is 2.78. The zero-order valence-corrected chi connectivity index (χ0v) is 17.5. The van der Waals surface area contributed by atoms with E-state index < -0.39 is 4.92 Å². The molecule has 0 saturated carbocycles. The van der Waals surface area contributed by atoms with Crippen LogP contribution in [0.25, 0.3) is 11.6 Å². The van der Waals surface area contributed by atoms with Gasteiger partial charge in [0.25, 0.3) is 5.69 Å². The van der Waals surface area contributed by atoms with Gasteiger partial charge in [-0.15, -0.1) is 0 Å². The quantitative estimate of drug-likeness (QED) is 0.180. The molecule has 3 rings (SSSR count). The number of ether oxygens (including phenoxy) is 2. The fourth-order valence-corrected chi connectivity index (χ4v) is 2.98. The molecule has 0 heterocycles. The summed E-state index contributed by atoms with van der Waals surface area (Å²) in [6.07, 6.45) is 1.70. The Morgan fingerprint density at radius 1 is 1.06 bits per heavy atom. The number of non-ortho nitro benzene ring substituents is 1. The number of hydrogen-bond donors (Lipinski definition) is 0. The number of hydrogen-bond acceptors (Lipinski definition) is 5. The summed E-state index contributed by atoms with van der Waals surface area (Å²) in [7, 11) is 0. The van der Waals surface area contributed by atoms with Crippen molar-refractivity contribution < 1.29 is 14.4 Å². The number of rotatable bonds is 8. The van der Waals surface area contributed by atoms with Crippen LogP contribution in [0.1, 0.15) is 23.6 Å². The summed E-state index contributed by atoms with van der Waals surface area (Å²) in [6, 6.07) is 20.8. The maximum absolute atomic E-state index is 10.8. The molecule has 3 aromatic carbocycles. The van der Waals surface area contributed by atoms with Gasteiger partial charge >= 0.3 is 0 Å². The second-order valence-corrected chi connectivity index (χ2v) is 6.96. The lowest BCUT2D eigenvalue weighted by Gasteiger charge is -2.13. The molecular formula is C24H19ClN2O4. The molecule has 0 bridgehead atoms. The summed E-state index contributed by atoms with van der Waals surface area (Å²) in [5.74, 6) is 1.15. The van der Waals surface area contributed by atoms with Gasteiger partial charge in [-0.25, -0.2) is 0 Å². The number of halogens is 1. The molecule has 0 aliphatic carbocycles. The van der Waals surface area contributed by atoms with E-state index in [1.807, 2.05) is 25.1 Å². The first-order chi connectivity index (χ1) is 15.0. The maximum Gasteiger partial charge on any atom is 0.269 e. The molecule has 0 aliphatic heterocycles. The van der Waals surface area contributed by atoms with Crippen molar-refractivity contribution in [2.75, 3.05) is 6.61 Å². The monoisotopic (exact) mass is 434 g/mol. The second-order valence-electron chi connectivity index (χ2n) is 6.53. The van der Waals surface area contributed by atoms with Gasteiger partial charge < -0.3 is 9.47 Å². The third-order valence-electron chi connectivity index (χ3n) is 4.40. The molecular weight excluding hydrogens is 416 g/mol. The number of nitro groups is 1. The Balaban J connectivity index is 1.83. The number of nitriles is 1. The lowest BCUT2D eigenvalue weighted by Crippen LogP contribution is -2.00. The van der Waals surface area contributed by atoms with Gasteiger partial charge in [-0.3, -0.25) is 10.1 Å². The van der Waals surface area contributed by atoms with E-state index in [1.165, 1.54) is 12.1 Å². The highest BCUT2D eigenvalue weighted by Gasteiger charge is 2.10. The molecule has 0 aliphatic rings. The zero-order valence-electron chi connectivity index (χ0n) is 16.7. The van der Waals surface area contributed by atoms with E-state index >= 15 is 0 Å². The molecule has 0 saturated heterocycles. The average molecular weight is 435 g/mol. The summed E-state index contributed by atoms with van der Waals surface area (Å²) >= 11 is 5.91. The topological polar surface area (TPSA) is 85.4 Å². The highest BCUT2D eigenvalue weighted by molar-refractivity contribution is 6.30. The SMILES string of the molecule is CCOc1cc(/C=C(/C#N)c2ccc([N+](=O)[O-])cc2)ccc1OCc1ccc(Cl)cc1. The molecule has 0 aromatic heterocycles. The molecule has 6 nitrogen and oxygen atoms in total.